The second-order valence-electron chi connectivity index (χ2n) is 7.91. The Kier molecular flexibility index (Phi) is 6.50. The van der Waals surface area contributed by atoms with E-state index in [4.69, 9.17) is 9.47 Å². The molecule has 2 aromatic rings. The standard InChI is InChI=1S/C23H27BrN2O3/c24-19-7-5-18(6-8-19)23(10-13-28-14-11-23)22(27)26-16-17-9-12-25-21(15-17)29-20-3-1-2-4-20/h5-9,12,15,20H,1-4,10-11,13-14,16H2,(H,26,27). The highest BCUT2D eigenvalue weighted by molar-refractivity contribution is 9.10. The number of ether oxygens (including phenoxy) is 2. The summed E-state index contributed by atoms with van der Waals surface area (Å²) in [6, 6.07) is 11.9. The zero-order valence-electron chi connectivity index (χ0n) is 16.5. The summed E-state index contributed by atoms with van der Waals surface area (Å²) < 4.78 is 12.6. The van der Waals surface area contributed by atoms with E-state index in [1.165, 1.54) is 12.8 Å². The first-order chi connectivity index (χ1) is 14.2. The number of carbonyl (C=O) groups excluding carboxylic acids is 1. The van der Waals surface area contributed by atoms with Gasteiger partial charge in [0, 0.05) is 36.5 Å². The van der Waals surface area contributed by atoms with Crippen LogP contribution < -0.4 is 10.1 Å². The number of hydrogen-bond acceptors (Lipinski definition) is 4. The number of rotatable bonds is 6. The summed E-state index contributed by atoms with van der Waals surface area (Å²) >= 11 is 3.48. The first-order valence-corrected chi connectivity index (χ1v) is 11.2. The summed E-state index contributed by atoms with van der Waals surface area (Å²) in [5, 5.41) is 3.15. The van der Waals surface area contributed by atoms with Crippen LogP contribution in [-0.4, -0.2) is 30.2 Å². The molecule has 1 aliphatic heterocycles. The molecule has 2 heterocycles. The van der Waals surface area contributed by atoms with E-state index in [1.54, 1.807) is 6.20 Å². The molecule has 0 atom stereocenters. The molecular formula is C23H27BrN2O3. The lowest BCUT2D eigenvalue weighted by Gasteiger charge is -2.36. The molecule has 2 fully saturated rings. The van der Waals surface area contributed by atoms with Crippen LogP contribution in [0.25, 0.3) is 0 Å². The van der Waals surface area contributed by atoms with Gasteiger partial charge < -0.3 is 14.8 Å². The van der Waals surface area contributed by atoms with E-state index < -0.39 is 5.41 Å². The minimum atomic E-state index is -0.546. The van der Waals surface area contributed by atoms with E-state index in [0.717, 1.165) is 28.4 Å². The Bertz CT molecular complexity index is 828. The molecule has 6 heteroatoms. The number of aromatic nitrogens is 1. The Morgan fingerprint density at radius 1 is 1.17 bits per heavy atom. The van der Waals surface area contributed by atoms with Gasteiger partial charge in [-0.15, -0.1) is 0 Å². The van der Waals surface area contributed by atoms with Crippen molar-refractivity contribution in [3.63, 3.8) is 0 Å². The molecule has 0 unspecified atom stereocenters. The summed E-state index contributed by atoms with van der Waals surface area (Å²) in [6.07, 6.45) is 8.05. The lowest BCUT2D eigenvalue weighted by atomic mass is 9.73. The van der Waals surface area contributed by atoms with Crippen LogP contribution in [0.3, 0.4) is 0 Å². The van der Waals surface area contributed by atoms with Crippen molar-refractivity contribution in [1.82, 2.24) is 10.3 Å². The quantitative estimate of drug-likeness (QED) is 0.690. The van der Waals surface area contributed by atoms with Gasteiger partial charge in [-0.3, -0.25) is 4.79 Å². The number of halogens is 1. The minimum Gasteiger partial charge on any atom is -0.474 e. The van der Waals surface area contributed by atoms with Crippen molar-refractivity contribution < 1.29 is 14.3 Å². The Labute approximate surface area is 180 Å². The lowest BCUT2D eigenvalue weighted by molar-refractivity contribution is -0.130. The number of nitrogens with one attached hydrogen (secondary N) is 1. The highest BCUT2D eigenvalue weighted by Gasteiger charge is 2.41. The van der Waals surface area contributed by atoms with E-state index in [0.29, 0.717) is 38.5 Å². The van der Waals surface area contributed by atoms with Crippen molar-refractivity contribution in [2.75, 3.05) is 13.2 Å². The molecule has 1 aromatic heterocycles. The highest BCUT2D eigenvalue weighted by atomic mass is 79.9. The van der Waals surface area contributed by atoms with Gasteiger partial charge >= 0.3 is 0 Å². The van der Waals surface area contributed by atoms with Crippen molar-refractivity contribution in [2.24, 2.45) is 0 Å². The van der Waals surface area contributed by atoms with Crippen molar-refractivity contribution in [2.45, 2.75) is 56.6 Å². The highest BCUT2D eigenvalue weighted by Crippen LogP contribution is 2.36. The molecule has 1 amide bonds. The van der Waals surface area contributed by atoms with E-state index >= 15 is 0 Å². The fraction of sp³-hybridized carbons (Fsp3) is 0.478. The summed E-state index contributed by atoms with van der Waals surface area (Å²) in [4.78, 5) is 17.7. The molecule has 0 spiro atoms. The summed E-state index contributed by atoms with van der Waals surface area (Å²) in [6.45, 7) is 1.65. The molecule has 5 nitrogen and oxygen atoms in total. The fourth-order valence-corrected chi connectivity index (χ4v) is 4.55. The van der Waals surface area contributed by atoms with Crippen molar-refractivity contribution in [3.05, 3.63) is 58.2 Å². The molecule has 154 valence electrons. The number of amides is 1. The number of pyridine rings is 1. The maximum absolute atomic E-state index is 13.3. The van der Waals surface area contributed by atoms with Gasteiger partial charge in [-0.25, -0.2) is 4.98 Å². The molecular weight excluding hydrogens is 432 g/mol. The molecule has 0 radical (unpaired) electrons. The van der Waals surface area contributed by atoms with Crippen molar-refractivity contribution >= 4 is 21.8 Å². The SMILES string of the molecule is O=C(NCc1ccnc(OC2CCCC2)c1)C1(c2ccc(Br)cc2)CCOCC1. The van der Waals surface area contributed by atoms with Gasteiger partial charge in [0.15, 0.2) is 0 Å². The Morgan fingerprint density at radius 2 is 1.90 bits per heavy atom. The summed E-state index contributed by atoms with van der Waals surface area (Å²) in [5.41, 5.74) is 1.50. The normalized spacial score (nSPS) is 19.1. The average Bonchev–Trinajstić information content (AvgIpc) is 3.26. The second-order valence-corrected chi connectivity index (χ2v) is 8.83. The Balaban J connectivity index is 1.45. The van der Waals surface area contributed by atoms with Gasteiger partial charge in [0.25, 0.3) is 0 Å². The van der Waals surface area contributed by atoms with Crippen LogP contribution in [-0.2, 0) is 21.5 Å². The zero-order chi connectivity index (χ0) is 20.1. The molecule has 2 aliphatic rings. The van der Waals surface area contributed by atoms with Crippen LogP contribution in [0.1, 0.15) is 49.7 Å². The van der Waals surface area contributed by atoms with Gasteiger partial charge in [0.05, 0.1) is 5.41 Å². The first kappa shape index (κ1) is 20.4. The third-order valence-corrected chi connectivity index (χ3v) is 6.55. The van der Waals surface area contributed by atoms with Crippen molar-refractivity contribution in [3.8, 4) is 5.88 Å². The molecule has 1 saturated carbocycles. The first-order valence-electron chi connectivity index (χ1n) is 10.4. The largest absolute Gasteiger partial charge is 0.474 e. The lowest BCUT2D eigenvalue weighted by Crippen LogP contribution is -2.47. The predicted octanol–water partition coefficient (Wildman–Crippen LogP) is 4.53. The maximum atomic E-state index is 13.3. The molecule has 1 aromatic carbocycles. The van der Waals surface area contributed by atoms with Crippen LogP contribution in [0.4, 0.5) is 0 Å². The predicted molar refractivity (Wildman–Crippen MR) is 115 cm³/mol. The van der Waals surface area contributed by atoms with Gasteiger partial charge in [-0.05, 0) is 67.9 Å². The number of hydrogen-bond donors (Lipinski definition) is 1. The van der Waals surface area contributed by atoms with E-state index in [1.807, 2.05) is 36.4 Å². The molecule has 4 rings (SSSR count). The van der Waals surface area contributed by atoms with Crippen LogP contribution in [0.2, 0.25) is 0 Å². The van der Waals surface area contributed by atoms with Gasteiger partial charge in [-0.2, -0.15) is 0 Å². The molecule has 29 heavy (non-hydrogen) atoms. The molecule has 0 bridgehead atoms. The van der Waals surface area contributed by atoms with Crippen LogP contribution in [0.15, 0.2) is 47.1 Å². The smallest absolute Gasteiger partial charge is 0.231 e. The maximum Gasteiger partial charge on any atom is 0.231 e. The number of nitrogens with zero attached hydrogens (tertiary/aromatic N) is 1. The number of carbonyl (C=O) groups is 1. The Morgan fingerprint density at radius 3 is 2.62 bits per heavy atom. The molecule has 1 aliphatic carbocycles. The van der Waals surface area contributed by atoms with E-state index in [-0.39, 0.29) is 12.0 Å². The van der Waals surface area contributed by atoms with Crippen LogP contribution in [0, 0.1) is 0 Å². The molecule has 1 saturated heterocycles. The van der Waals surface area contributed by atoms with Crippen LogP contribution in [0.5, 0.6) is 5.88 Å². The van der Waals surface area contributed by atoms with Gasteiger partial charge in [0.2, 0.25) is 11.8 Å². The second kappa shape index (κ2) is 9.26. The van der Waals surface area contributed by atoms with Crippen molar-refractivity contribution in [1.29, 1.82) is 0 Å². The topological polar surface area (TPSA) is 60.5 Å². The summed E-state index contributed by atoms with van der Waals surface area (Å²) in [5.74, 6) is 0.704. The fourth-order valence-electron chi connectivity index (χ4n) is 4.29. The monoisotopic (exact) mass is 458 g/mol. The third-order valence-electron chi connectivity index (χ3n) is 6.02. The van der Waals surface area contributed by atoms with E-state index in [2.05, 4.69) is 26.2 Å². The third kappa shape index (κ3) is 4.81. The summed E-state index contributed by atoms with van der Waals surface area (Å²) in [7, 11) is 0. The average molecular weight is 459 g/mol. The van der Waals surface area contributed by atoms with Gasteiger partial charge in [0.1, 0.15) is 6.10 Å². The Hall–Kier alpha value is -1.92. The van der Waals surface area contributed by atoms with Gasteiger partial charge in [-0.1, -0.05) is 28.1 Å². The minimum absolute atomic E-state index is 0.0539. The van der Waals surface area contributed by atoms with Crippen LogP contribution >= 0.6 is 15.9 Å². The number of benzene rings is 1. The van der Waals surface area contributed by atoms with E-state index in [9.17, 15) is 4.79 Å². The molecule has 1 N–H and O–H groups in total. The zero-order valence-corrected chi connectivity index (χ0v) is 18.1.